The predicted octanol–water partition coefficient (Wildman–Crippen LogP) is 2.45. The van der Waals surface area contributed by atoms with E-state index in [-0.39, 0.29) is 24.0 Å². The number of aromatic nitrogens is 1. The van der Waals surface area contributed by atoms with Crippen LogP contribution in [0.3, 0.4) is 0 Å². The van der Waals surface area contributed by atoms with Gasteiger partial charge in [0.1, 0.15) is 0 Å². The Morgan fingerprint density at radius 2 is 1.72 bits per heavy atom. The topological polar surface area (TPSA) is 82.6 Å². The van der Waals surface area contributed by atoms with Gasteiger partial charge in [0.25, 0.3) is 0 Å². The van der Waals surface area contributed by atoms with Gasteiger partial charge in [0, 0.05) is 55.9 Å². The molecule has 8 heteroatoms. The molecule has 0 spiro atoms. The molecule has 1 aromatic heterocycles. The number of carbonyl (C=O) groups excluding carboxylic acids is 1. The summed E-state index contributed by atoms with van der Waals surface area (Å²) in [5.74, 6) is 0. The summed E-state index contributed by atoms with van der Waals surface area (Å²) in [6.07, 6.45) is 3.25. The normalized spacial score (nSPS) is 15.4. The molecule has 1 N–H and O–H groups in total. The van der Waals surface area contributed by atoms with Crippen molar-refractivity contribution in [2.24, 2.45) is 0 Å². The Hall–Kier alpha value is -2.97. The highest BCUT2D eigenvalue weighted by molar-refractivity contribution is 7.89. The molecule has 3 aromatic rings. The molecule has 1 aliphatic heterocycles. The number of piperazine rings is 1. The van der Waals surface area contributed by atoms with Crippen LogP contribution in [-0.4, -0.2) is 54.8 Å². The van der Waals surface area contributed by atoms with Gasteiger partial charge in [-0.2, -0.15) is 4.31 Å². The van der Waals surface area contributed by atoms with Crippen molar-refractivity contribution < 1.29 is 13.2 Å². The minimum absolute atomic E-state index is 0.179. The zero-order chi connectivity index (χ0) is 20.3. The van der Waals surface area contributed by atoms with Gasteiger partial charge in [-0.25, -0.2) is 13.2 Å². The van der Waals surface area contributed by atoms with Gasteiger partial charge in [-0.1, -0.05) is 42.5 Å². The number of hydrogen-bond acceptors (Lipinski definition) is 4. The number of nitrogens with zero attached hydrogens (tertiary/aromatic N) is 3. The lowest BCUT2D eigenvalue weighted by atomic mass is 10.2. The first-order chi connectivity index (χ1) is 14.1. The summed E-state index contributed by atoms with van der Waals surface area (Å²) in [7, 11) is -3.65. The van der Waals surface area contributed by atoms with E-state index in [4.69, 9.17) is 0 Å². The molecule has 7 nitrogen and oxygen atoms in total. The Balaban J connectivity index is 1.41. The van der Waals surface area contributed by atoms with Gasteiger partial charge in [0.15, 0.2) is 0 Å². The second kappa shape index (κ2) is 8.18. The number of pyridine rings is 1. The molecule has 2 aromatic carbocycles. The molecule has 1 fully saturated rings. The van der Waals surface area contributed by atoms with Crippen molar-refractivity contribution in [1.82, 2.24) is 19.5 Å². The third-order valence-electron chi connectivity index (χ3n) is 5.07. The first-order valence-electron chi connectivity index (χ1n) is 9.45. The van der Waals surface area contributed by atoms with E-state index in [1.54, 1.807) is 35.5 Å². The van der Waals surface area contributed by atoms with Gasteiger partial charge in [0.2, 0.25) is 10.0 Å². The maximum atomic E-state index is 13.2. The van der Waals surface area contributed by atoms with Crippen LogP contribution in [0.25, 0.3) is 10.8 Å². The van der Waals surface area contributed by atoms with E-state index in [0.717, 1.165) is 10.9 Å². The second-order valence-electron chi connectivity index (χ2n) is 6.89. The molecular formula is C21H22N4O3S. The molecule has 1 saturated heterocycles. The van der Waals surface area contributed by atoms with E-state index < -0.39 is 10.0 Å². The number of urea groups is 1. The highest BCUT2D eigenvalue weighted by atomic mass is 32.2. The van der Waals surface area contributed by atoms with Gasteiger partial charge in [-0.05, 0) is 17.7 Å². The van der Waals surface area contributed by atoms with Crippen molar-refractivity contribution in [3.05, 3.63) is 72.6 Å². The SMILES string of the molecule is O=C(NCc1ccccc1)N1CCN(S(=O)(=O)c2cccc3cnccc23)CC1. The van der Waals surface area contributed by atoms with Crippen LogP contribution >= 0.6 is 0 Å². The van der Waals surface area contributed by atoms with E-state index in [2.05, 4.69) is 10.3 Å². The first kappa shape index (κ1) is 19.4. The molecule has 2 amide bonds. The Bertz CT molecular complexity index is 1110. The van der Waals surface area contributed by atoms with E-state index in [0.29, 0.717) is 25.0 Å². The Kier molecular flexibility index (Phi) is 5.46. The molecule has 150 valence electrons. The molecule has 1 aliphatic rings. The van der Waals surface area contributed by atoms with Gasteiger partial charge in [-0.3, -0.25) is 4.98 Å². The van der Waals surface area contributed by atoms with Gasteiger partial charge in [-0.15, -0.1) is 0 Å². The molecule has 0 unspecified atom stereocenters. The fraction of sp³-hybridized carbons (Fsp3) is 0.238. The van der Waals surface area contributed by atoms with Crippen LogP contribution in [0.5, 0.6) is 0 Å². The molecule has 2 heterocycles. The maximum Gasteiger partial charge on any atom is 0.317 e. The van der Waals surface area contributed by atoms with E-state index >= 15 is 0 Å². The van der Waals surface area contributed by atoms with Crippen molar-refractivity contribution >= 4 is 26.8 Å². The number of carbonyl (C=O) groups is 1. The second-order valence-corrected chi connectivity index (χ2v) is 8.79. The summed E-state index contributed by atoms with van der Waals surface area (Å²) in [6, 6.07) is 16.4. The van der Waals surface area contributed by atoms with Crippen LogP contribution in [0.15, 0.2) is 71.9 Å². The lowest BCUT2D eigenvalue weighted by Gasteiger charge is -2.34. The largest absolute Gasteiger partial charge is 0.334 e. The summed E-state index contributed by atoms with van der Waals surface area (Å²) < 4.78 is 27.8. The van der Waals surface area contributed by atoms with Gasteiger partial charge < -0.3 is 10.2 Å². The highest BCUT2D eigenvalue weighted by Crippen LogP contribution is 2.25. The van der Waals surface area contributed by atoms with Crippen molar-refractivity contribution in [1.29, 1.82) is 0 Å². The number of sulfonamides is 1. The number of hydrogen-bond donors (Lipinski definition) is 1. The lowest BCUT2D eigenvalue weighted by molar-refractivity contribution is 0.172. The zero-order valence-electron chi connectivity index (χ0n) is 15.9. The standard InChI is InChI=1S/C21H22N4O3S/c26-21(23-15-17-5-2-1-3-6-17)24-11-13-25(14-12-24)29(27,28)20-8-4-7-18-16-22-10-9-19(18)20/h1-10,16H,11-15H2,(H,23,26). The van der Waals surface area contributed by atoms with E-state index in [1.165, 1.54) is 4.31 Å². The number of benzene rings is 2. The van der Waals surface area contributed by atoms with Crippen molar-refractivity contribution in [3.63, 3.8) is 0 Å². The summed E-state index contributed by atoms with van der Waals surface area (Å²) >= 11 is 0. The van der Waals surface area contributed by atoms with Crippen LogP contribution in [0.1, 0.15) is 5.56 Å². The third kappa shape index (κ3) is 4.08. The monoisotopic (exact) mass is 410 g/mol. The Morgan fingerprint density at radius 1 is 0.966 bits per heavy atom. The van der Waals surface area contributed by atoms with Crippen LogP contribution in [-0.2, 0) is 16.6 Å². The highest BCUT2D eigenvalue weighted by Gasteiger charge is 2.31. The lowest BCUT2D eigenvalue weighted by Crippen LogP contribution is -2.52. The Morgan fingerprint density at radius 3 is 2.48 bits per heavy atom. The third-order valence-corrected chi connectivity index (χ3v) is 7.03. The van der Waals surface area contributed by atoms with E-state index in [1.807, 2.05) is 36.4 Å². The quantitative estimate of drug-likeness (QED) is 0.716. The fourth-order valence-electron chi connectivity index (χ4n) is 3.47. The molecule has 0 aliphatic carbocycles. The summed E-state index contributed by atoms with van der Waals surface area (Å²) in [4.78, 5) is 18.4. The van der Waals surface area contributed by atoms with Crippen molar-refractivity contribution in [2.45, 2.75) is 11.4 Å². The average molecular weight is 410 g/mol. The van der Waals surface area contributed by atoms with E-state index in [9.17, 15) is 13.2 Å². The zero-order valence-corrected chi connectivity index (χ0v) is 16.7. The van der Waals surface area contributed by atoms with Crippen LogP contribution in [0.2, 0.25) is 0 Å². The fourth-order valence-corrected chi connectivity index (χ4v) is 5.11. The van der Waals surface area contributed by atoms with Crippen LogP contribution in [0, 0.1) is 0 Å². The van der Waals surface area contributed by atoms with Crippen molar-refractivity contribution in [2.75, 3.05) is 26.2 Å². The number of rotatable bonds is 4. The molecular weight excluding hydrogens is 388 g/mol. The predicted molar refractivity (Wildman–Crippen MR) is 111 cm³/mol. The smallest absolute Gasteiger partial charge is 0.317 e. The molecule has 29 heavy (non-hydrogen) atoms. The molecule has 0 atom stereocenters. The molecule has 0 radical (unpaired) electrons. The average Bonchev–Trinajstić information content (AvgIpc) is 2.78. The maximum absolute atomic E-state index is 13.2. The number of nitrogens with one attached hydrogen (secondary N) is 1. The first-order valence-corrected chi connectivity index (χ1v) is 10.9. The van der Waals surface area contributed by atoms with Gasteiger partial charge >= 0.3 is 6.03 Å². The van der Waals surface area contributed by atoms with Crippen molar-refractivity contribution in [3.8, 4) is 0 Å². The minimum atomic E-state index is -3.65. The van der Waals surface area contributed by atoms with Gasteiger partial charge in [0.05, 0.1) is 4.90 Å². The molecule has 0 saturated carbocycles. The molecule has 4 rings (SSSR count). The van der Waals surface area contributed by atoms with Crippen LogP contribution < -0.4 is 5.32 Å². The number of amides is 2. The minimum Gasteiger partial charge on any atom is -0.334 e. The summed E-state index contributed by atoms with van der Waals surface area (Å²) in [5, 5.41) is 4.33. The Labute approximate surface area is 170 Å². The summed E-state index contributed by atoms with van der Waals surface area (Å²) in [6.45, 7) is 1.69. The van der Waals surface area contributed by atoms with Crippen LogP contribution in [0.4, 0.5) is 4.79 Å². The summed E-state index contributed by atoms with van der Waals surface area (Å²) in [5.41, 5.74) is 1.02. The molecule has 0 bridgehead atoms. The number of fused-ring (bicyclic) bond motifs is 1.